The summed E-state index contributed by atoms with van der Waals surface area (Å²) in [5, 5.41) is 2.89. The Morgan fingerprint density at radius 2 is 1.74 bits per heavy atom. The summed E-state index contributed by atoms with van der Waals surface area (Å²) in [4.78, 5) is 35.9. The number of halogens is 3. The quantitative estimate of drug-likeness (QED) is 0.144. The van der Waals surface area contributed by atoms with Crippen molar-refractivity contribution in [1.82, 2.24) is 9.47 Å². The molecule has 0 fully saturated rings. The molecule has 0 bridgehead atoms. The van der Waals surface area contributed by atoms with Crippen LogP contribution in [0.15, 0.2) is 92.3 Å². The van der Waals surface area contributed by atoms with Crippen LogP contribution in [0.4, 0.5) is 0 Å². The summed E-state index contributed by atoms with van der Waals surface area (Å²) in [5.74, 6) is 1.36. The van der Waals surface area contributed by atoms with Gasteiger partial charge in [-0.25, -0.2) is 4.99 Å². The van der Waals surface area contributed by atoms with Gasteiger partial charge in [0.15, 0.2) is 16.3 Å². The average molecular weight is 796 g/mol. The molecule has 50 heavy (non-hydrogen) atoms. The third-order valence-electron chi connectivity index (χ3n) is 8.69. The Kier molecular flexibility index (Phi) is 10.7. The largest absolute Gasteiger partial charge is 0.496 e. The highest BCUT2D eigenvalue weighted by molar-refractivity contribution is 9.10. The van der Waals surface area contributed by atoms with Crippen LogP contribution in [-0.4, -0.2) is 42.7 Å². The summed E-state index contributed by atoms with van der Waals surface area (Å²) < 4.78 is 20.4. The molecule has 12 heteroatoms. The first-order valence-electron chi connectivity index (χ1n) is 15.9. The van der Waals surface area contributed by atoms with Crippen LogP contribution in [0, 0.1) is 0 Å². The van der Waals surface area contributed by atoms with E-state index in [9.17, 15) is 9.59 Å². The van der Waals surface area contributed by atoms with Crippen molar-refractivity contribution in [2.45, 2.75) is 33.4 Å². The molecule has 1 aromatic heterocycles. The Hall–Kier alpha value is -4.09. The molecule has 5 aromatic rings. The zero-order valence-corrected chi connectivity index (χ0v) is 32.0. The molecular weight excluding hydrogens is 761 g/mol. The molecule has 1 aliphatic heterocycles. The molecule has 0 saturated carbocycles. The van der Waals surface area contributed by atoms with Gasteiger partial charge in [-0.3, -0.25) is 14.2 Å². The maximum Gasteiger partial charge on any atom is 0.271 e. The van der Waals surface area contributed by atoms with Gasteiger partial charge < -0.3 is 19.1 Å². The Balaban J connectivity index is 1.51. The van der Waals surface area contributed by atoms with Gasteiger partial charge in [0, 0.05) is 38.7 Å². The van der Waals surface area contributed by atoms with Gasteiger partial charge in [0.25, 0.3) is 11.5 Å². The van der Waals surface area contributed by atoms with Gasteiger partial charge in [-0.1, -0.05) is 86.9 Å². The molecule has 8 nitrogen and oxygen atoms in total. The van der Waals surface area contributed by atoms with E-state index in [0.29, 0.717) is 71.0 Å². The van der Waals surface area contributed by atoms with Crippen molar-refractivity contribution < 1.29 is 19.0 Å². The van der Waals surface area contributed by atoms with Crippen LogP contribution in [0.25, 0.3) is 16.8 Å². The fourth-order valence-corrected chi connectivity index (χ4v) is 8.09. The number of nitrogens with zero attached hydrogens (tertiary/aromatic N) is 3. The Labute approximate surface area is 312 Å². The first-order valence-corrected chi connectivity index (χ1v) is 18.3. The van der Waals surface area contributed by atoms with Crippen molar-refractivity contribution in [2.75, 3.05) is 27.3 Å². The third kappa shape index (κ3) is 6.69. The smallest absolute Gasteiger partial charge is 0.271 e. The number of hydrogen-bond acceptors (Lipinski definition) is 7. The molecule has 0 spiro atoms. The Morgan fingerprint density at radius 1 is 1.00 bits per heavy atom. The van der Waals surface area contributed by atoms with E-state index in [0.717, 1.165) is 21.9 Å². The highest BCUT2D eigenvalue weighted by Gasteiger charge is 2.36. The number of carbonyl (C=O) groups excluding carboxylic acids is 1. The number of carbonyl (C=O) groups is 1. The van der Waals surface area contributed by atoms with Crippen molar-refractivity contribution in [3.63, 3.8) is 0 Å². The number of ether oxygens (including phenoxy) is 3. The lowest BCUT2D eigenvalue weighted by Gasteiger charge is -2.30. The molecule has 6 rings (SSSR count). The maximum absolute atomic E-state index is 14.6. The predicted octanol–water partition coefficient (Wildman–Crippen LogP) is 7.92. The molecule has 258 valence electrons. The number of methoxy groups -OCH3 is 2. The van der Waals surface area contributed by atoms with Crippen molar-refractivity contribution in [3.8, 4) is 17.2 Å². The molecule has 0 radical (unpaired) electrons. The number of benzene rings is 4. The summed E-state index contributed by atoms with van der Waals surface area (Å²) in [6.07, 6.45) is 1.79. The molecule has 0 saturated heterocycles. The van der Waals surface area contributed by atoms with E-state index in [2.05, 4.69) is 15.9 Å². The van der Waals surface area contributed by atoms with Gasteiger partial charge in [-0.15, -0.1) is 0 Å². The lowest BCUT2D eigenvalue weighted by atomic mass is 9.90. The van der Waals surface area contributed by atoms with Gasteiger partial charge in [0.2, 0.25) is 0 Å². The molecule has 1 aliphatic rings. The molecule has 0 aliphatic carbocycles. The van der Waals surface area contributed by atoms with Crippen LogP contribution in [0.1, 0.15) is 43.5 Å². The Morgan fingerprint density at radius 3 is 2.44 bits per heavy atom. The van der Waals surface area contributed by atoms with Crippen molar-refractivity contribution >= 4 is 73.2 Å². The minimum absolute atomic E-state index is 0.173. The normalized spacial score (nSPS) is 14.4. The minimum atomic E-state index is -0.781. The number of hydrogen-bond donors (Lipinski definition) is 0. The second kappa shape index (κ2) is 15.0. The number of amides is 1. The number of rotatable bonds is 10. The highest BCUT2D eigenvalue weighted by Crippen LogP contribution is 2.41. The SMILES string of the molecule is CCN(CC)C(=O)C1=C(C)N=c2s/c(=C/c3cc(OC)c(OCc4ccc(Cl)cc4Cl)cc3Br)c(=O)n2[C@@H]1c1c(OC)ccc2ccccc12. The molecule has 0 N–H and O–H groups in total. The summed E-state index contributed by atoms with van der Waals surface area (Å²) in [5.41, 5.74) is 2.90. The second-order valence-electron chi connectivity index (χ2n) is 11.5. The van der Waals surface area contributed by atoms with Crippen LogP contribution in [0.2, 0.25) is 10.0 Å². The van der Waals surface area contributed by atoms with Gasteiger partial charge in [0.1, 0.15) is 18.4 Å². The summed E-state index contributed by atoms with van der Waals surface area (Å²) in [6, 6.07) is 19.8. The van der Waals surface area contributed by atoms with E-state index >= 15 is 0 Å². The van der Waals surface area contributed by atoms with Crippen molar-refractivity contribution in [1.29, 1.82) is 0 Å². The standard InChI is InChI=1S/C38H34BrCl2N3O5S/c1-6-43(7-2)37(46)33-21(3)42-38-44(35(33)34-26-11-9-8-10-22(26)13-15-29(34)47-4)36(45)32(50-38)17-24-16-30(48-5)31(19-27(24)39)49-20-23-12-14-25(40)18-28(23)41/h8-19,35H,6-7,20H2,1-5H3/b32-17+/t35-/m0/s1. The average Bonchev–Trinajstić information content (AvgIpc) is 3.41. The molecule has 1 amide bonds. The summed E-state index contributed by atoms with van der Waals surface area (Å²) >= 11 is 17.3. The van der Waals surface area contributed by atoms with E-state index in [1.54, 1.807) is 54.0 Å². The minimum Gasteiger partial charge on any atom is -0.496 e. The first-order chi connectivity index (χ1) is 24.1. The van der Waals surface area contributed by atoms with Gasteiger partial charge in [0.05, 0.1) is 30.0 Å². The van der Waals surface area contributed by atoms with E-state index in [1.807, 2.05) is 63.2 Å². The lowest BCUT2D eigenvalue weighted by molar-refractivity contribution is -0.127. The number of allylic oxidation sites excluding steroid dienone is 1. The van der Waals surface area contributed by atoms with Crippen LogP contribution in [0.5, 0.6) is 17.2 Å². The lowest BCUT2D eigenvalue weighted by Crippen LogP contribution is -2.43. The van der Waals surface area contributed by atoms with Crippen LogP contribution in [-0.2, 0) is 11.4 Å². The summed E-state index contributed by atoms with van der Waals surface area (Å²) in [7, 11) is 3.15. The molecule has 2 heterocycles. The van der Waals surface area contributed by atoms with E-state index < -0.39 is 6.04 Å². The van der Waals surface area contributed by atoms with Crippen molar-refractivity contribution in [2.24, 2.45) is 4.99 Å². The fraction of sp³-hybridized carbons (Fsp3) is 0.237. The Bertz CT molecular complexity index is 2350. The van der Waals surface area contributed by atoms with Crippen molar-refractivity contribution in [3.05, 3.63) is 129 Å². The summed E-state index contributed by atoms with van der Waals surface area (Å²) in [6.45, 7) is 6.93. The monoisotopic (exact) mass is 793 g/mol. The topological polar surface area (TPSA) is 82.4 Å². The number of fused-ring (bicyclic) bond motifs is 2. The third-order valence-corrected chi connectivity index (χ3v) is 11.0. The zero-order valence-electron chi connectivity index (χ0n) is 28.1. The van der Waals surface area contributed by atoms with Crippen LogP contribution < -0.4 is 29.1 Å². The first kappa shape index (κ1) is 35.7. The number of aromatic nitrogens is 1. The second-order valence-corrected chi connectivity index (χ2v) is 14.2. The zero-order chi connectivity index (χ0) is 35.7. The van der Waals surface area contributed by atoms with E-state index in [1.165, 1.54) is 11.3 Å². The predicted molar refractivity (Wildman–Crippen MR) is 204 cm³/mol. The van der Waals surface area contributed by atoms with Gasteiger partial charge in [-0.2, -0.15) is 0 Å². The van der Waals surface area contributed by atoms with E-state index in [4.69, 9.17) is 42.4 Å². The number of likely N-dealkylation sites (N-methyl/N-ethyl adjacent to an activating group) is 1. The number of thiazole rings is 1. The molecule has 0 unspecified atom stereocenters. The molecule has 4 aromatic carbocycles. The van der Waals surface area contributed by atoms with Crippen LogP contribution in [0.3, 0.4) is 0 Å². The maximum atomic E-state index is 14.6. The molecule has 1 atom stereocenters. The van der Waals surface area contributed by atoms with Gasteiger partial charge in [-0.05, 0) is 73.5 Å². The molecular formula is C38H34BrCl2N3O5S. The fourth-order valence-electron chi connectivity index (χ4n) is 6.15. The highest BCUT2D eigenvalue weighted by atomic mass is 79.9. The van der Waals surface area contributed by atoms with Crippen LogP contribution >= 0.6 is 50.5 Å². The van der Waals surface area contributed by atoms with Gasteiger partial charge >= 0.3 is 0 Å². The van der Waals surface area contributed by atoms with E-state index in [-0.39, 0.29) is 18.1 Å².